The maximum atomic E-state index is 12.0. The molecule has 3 rings (SSSR count). The molecule has 0 radical (unpaired) electrons. The minimum atomic E-state index is -0.537. The molecule has 138 valence electrons. The minimum Gasteiger partial charge on any atom is -0.455 e. The Morgan fingerprint density at radius 3 is 2.44 bits per heavy atom. The van der Waals surface area contributed by atoms with Gasteiger partial charge in [0.15, 0.2) is 6.61 Å². The van der Waals surface area contributed by atoms with Gasteiger partial charge in [0.1, 0.15) is 5.76 Å². The lowest BCUT2D eigenvalue weighted by atomic mass is 10.2. The first-order valence-corrected chi connectivity index (χ1v) is 8.55. The number of amides is 1. The van der Waals surface area contributed by atoms with E-state index < -0.39 is 11.9 Å². The number of hydrogen-bond acceptors (Lipinski definition) is 5. The third-order valence-electron chi connectivity index (χ3n) is 3.92. The van der Waals surface area contributed by atoms with Gasteiger partial charge in [-0.1, -0.05) is 35.9 Å². The van der Waals surface area contributed by atoms with Gasteiger partial charge < -0.3 is 14.5 Å². The number of carbonyl (C=O) groups excluding carboxylic acids is 2. The van der Waals surface area contributed by atoms with Gasteiger partial charge in [-0.3, -0.25) is 9.59 Å². The van der Waals surface area contributed by atoms with Crippen LogP contribution < -0.4 is 5.32 Å². The summed E-state index contributed by atoms with van der Waals surface area (Å²) in [7, 11) is 0. The van der Waals surface area contributed by atoms with Crippen LogP contribution in [0.5, 0.6) is 0 Å². The number of rotatable bonds is 6. The van der Waals surface area contributed by atoms with Crippen molar-refractivity contribution in [1.29, 1.82) is 0 Å². The zero-order valence-electron chi connectivity index (χ0n) is 15.2. The van der Waals surface area contributed by atoms with E-state index in [4.69, 9.17) is 9.15 Å². The highest BCUT2D eigenvalue weighted by molar-refractivity contribution is 5.92. The quantitative estimate of drug-likeness (QED) is 0.675. The SMILES string of the molecule is Cc1ccc(NC(=O)COC(=O)Cc2nc(-c3ccccc3)oc2C)cc1. The van der Waals surface area contributed by atoms with Crippen LogP contribution in [0, 0.1) is 13.8 Å². The molecule has 0 fully saturated rings. The number of oxazole rings is 1. The number of aryl methyl sites for hydroxylation is 2. The summed E-state index contributed by atoms with van der Waals surface area (Å²) in [6, 6.07) is 16.8. The molecule has 0 saturated heterocycles. The van der Waals surface area contributed by atoms with Crippen LogP contribution in [0.25, 0.3) is 11.5 Å². The first-order chi connectivity index (χ1) is 13.0. The van der Waals surface area contributed by atoms with Gasteiger partial charge >= 0.3 is 5.97 Å². The Labute approximate surface area is 157 Å². The maximum Gasteiger partial charge on any atom is 0.312 e. The second kappa shape index (κ2) is 8.31. The average Bonchev–Trinajstić information content (AvgIpc) is 3.03. The molecule has 0 spiro atoms. The lowest BCUT2D eigenvalue weighted by molar-refractivity contribution is -0.146. The molecule has 3 aromatic rings. The van der Waals surface area contributed by atoms with Crippen molar-refractivity contribution in [1.82, 2.24) is 4.98 Å². The van der Waals surface area contributed by atoms with Crippen LogP contribution in [0.1, 0.15) is 17.0 Å². The predicted octanol–water partition coefficient (Wildman–Crippen LogP) is 3.68. The van der Waals surface area contributed by atoms with Crippen LogP contribution in [-0.2, 0) is 20.7 Å². The molecule has 0 unspecified atom stereocenters. The fourth-order valence-corrected chi connectivity index (χ4v) is 2.46. The number of carbonyl (C=O) groups is 2. The zero-order chi connectivity index (χ0) is 19.2. The highest BCUT2D eigenvalue weighted by Gasteiger charge is 2.16. The van der Waals surface area contributed by atoms with E-state index >= 15 is 0 Å². The van der Waals surface area contributed by atoms with Gasteiger partial charge in [0.25, 0.3) is 5.91 Å². The van der Waals surface area contributed by atoms with E-state index in [2.05, 4.69) is 10.3 Å². The fraction of sp³-hybridized carbons (Fsp3) is 0.190. The molecule has 1 amide bonds. The molecule has 1 N–H and O–H groups in total. The monoisotopic (exact) mass is 364 g/mol. The van der Waals surface area contributed by atoms with Crippen molar-refractivity contribution in [3.63, 3.8) is 0 Å². The number of hydrogen-bond donors (Lipinski definition) is 1. The van der Waals surface area contributed by atoms with Crippen molar-refractivity contribution < 1.29 is 18.7 Å². The highest BCUT2D eigenvalue weighted by Crippen LogP contribution is 2.21. The van der Waals surface area contributed by atoms with E-state index in [0.717, 1.165) is 11.1 Å². The number of esters is 1. The van der Waals surface area contributed by atoms with Crippen LogP contribution in [0.3, 0.4) is 0 Å². The number of anilines is 1. The molecule has 1 heterocycles. The molecule has 2 aromatic carbocycles. The van der Waals surface area contributed by atoms with Crippen molar-refractivity contribution in [3.05, 3.63) is 71.6 Å². The van der Waals surface area contributed by atoms with E-state index in [-0.39, 0.29) is 13.0 Å². The smallest absolute Gasteiger partial charge is 0.312 e. The summed E-state index contributed by atoms with van der Waals surface area (Å²) in [5, 5.41) is 2.68. The van der Waals surface area contributed by atoms with E-state index in [0.29, 0.717) is 23.0 Å². The average molecular weight is 364 g/mol. The Hall–Kier alpha value is -3.41. The molecule has 1 aromatic heterocycles. The molecule has 0 saturated carbocycles. The summed E-state index contributed by atoms with van der Waals surface area (Å²) in [5.41, 5.74) is 3.08. The number of nitrogens with one attached hydrogen (secondary N) is 1. The molecule has 6 heteroatoms. The molecule has 0 aliphatic carbocycles. The summed E-state index contributed by atoms with van der Waals surface area (Å²) >= 11 is 0. The third-order valence-corrected chi connectivity index (χ3v) is 3.92. The normalized spacial score (nSPS) is 10.4. The summed E-state index contributed by atoms with van der Waals surface area (Å²) < 4.78 is 10.7. The van der Waals surface area contributed by atoms with Gasteiger partial charge in [-0.05, 0) is 38.1 Å². The molecule has 0 aliphatic rings. The Kier molecular flexibility index (Phi) is 5.66. The topological polar surface area (TPSA) is 81.4 Å². The maximum absolute atomic E-state index is 12.0. The van der Waals surface area contributed by atoms with Gasteiger partial charge in [-0.15, -0.1) is 0 Å². The van der Waals surface area contributed by atoms with Crippen molar-refractivity contribution >= 4 is 17.6 Å². The second-order valence-electron chi connectivity index (χ2n) is 6.14. The zero-order valence-corrected chi connectivity index (χ0v) is 15.2. The van der Waals surface area contributed by atoms with E-state index in [1.165, 1.54) is 0 Å². The van der Waals surface area contributed by atoms with Crippen molar-refractivity contribution in [2.45, 2.75) is 20.3 Å². The van der Waals surface area contributed by atoms with Crippen LogP contribution in [0.2, 0.25) is 0 Å². The lowest BCUT2D eigenvalue weighted by Gasteiger charge is -2.06. The molecule has 6 nitrogen and oxygen atoms in total. The molecule has 27 heavy (non-hydrogen) atoms. The second-order valence-corrected chi connectivity index (χ2v) is 6.14. The first-order valence-electron chi connectivity index (χ1n) is 8.55. The van der Waals surface area contributed by atoms with Crippen LogP contribution in [0.4, 0.5) is 5.69 Å². The number of ether oxygens (including phenoxy) is 1. The molecule has 0 bridgehead atoms. The largest absolute Gasteiger partial charge is 0.455 e. The van der Waals surface area contributed by atoms with Gasteiger partial charge in [0.05, 0.1) is 12.1 Å². The summed E-state index contributed by atoms with van der Waals surface area (Å²) in [4.78, 5) is 28.3. The van der Waals surface area contributed by atoms with Crippen molar-refractivity contribution in [3.8, 4) is 11.5 Å². The van der Waals surface area contributed by atoms with Crippen LogP contribution >= 0.6 is 0 Å². The van der Waals surface area contributed by atoms with Crippen LogP contribution in [0.15, 0.2) is 59.0 Å². The van der Waals surface area contributed by atoms with Crippen molar-refractivity contribution in [2.75, 3.05) is 11.9 Å². The molecule has 0 aliphatic heterocycles. The summed E-state index contributed by atoms with van der Waals surface area (Å²) in [6.45, 7) is 3.35. The Bertz CT molecular complexity index is 931. The van der Waals surface area contributed by atoms with Gasteiger partial charge in [0, 0.05) is 11.3 Å². The van der Waals surface area contributed by atoms with Gasteiger partial charge in [0.2, 0.25) is 5.89 Å². The van der Waals surface area contributed by atoms with Crippen molar-refractivity contribution in [2.24, 2.45) is 0 Å². The molecular weight excluding hydrogens is 344 g/mol. The predicted molar refractivity (Wildman–Crippen MR) is 101 cm³/mol. The highest BCUT2D eigenvalue weighted by atomic mass is 16.5. The number of aromatic nitrogens is 1. The Balaban J connectivity index is 1.53. The summed E-state index contributed by atoms with van der Waals surface area (Å²) in [6.07, 6.45) is -0.0556. The van der Waals surface area contributed by atoms with Gasteiger partial charge in [-0.2, -0.15) is 0 Å². The molecule has 0 atom stereocenters. The Morgan fingerprint density at radius 1 is 1.04 bits per heavy atom. The lowest BCUT2D eigenvalue weighted by Crippen LogP contribution is -2.21. The van der Waals surface area contributed by atoms with Crippen LogP contribution in [-0.4, -0.2) is 23.5 Å². The minimum absolute atomic E-state index is 0.0556. The molecular formula is C21H20N2O4. The first kappa shape index (κ1) is 18.4. The Morgan fingerprint density at radius 2 is 1.74 bits per heavy atom. The van der Waals surface area contributed by atoms with E-state index in [1.807, 2.05) is 49.4 Å². The summed E-state index contributed by atoms with van der Waals surface area (Å²) in [5.74, 6) is 0.0713. The fourth-order valence-electron chi connectivity index (χ4n) is 2.46. The standard InChI is InChI=1S/C21H20N2O4/c1-14-8-10-17(11-9-14)22-19(24)13-26-20(25)12-18-15(2)27-21(23-18)16-6-4-3-5-7-16/h3-11H,12-13H2,1-2H3,(H,22,24). The third kappa shape index (κ3) is 5.04. The number of nitrogens with zero attached hydrogens (tertiary/aromatic N) is 1. The number of benzene rings is 2. The van der Waals surface area contributed by atoms with Gasteiger partial charge in [-0.25, -0.2) is 4.98 Å². The van der Waals surface area contributed by atoms with E-state index in [1.54, 1.807) is 19.1 Å². The van der Waals surface area contributed by atoms with E-state index in [9.17, 15) is 9.59 Å².